The van der Waals surface area contributed by atoms with E-state index in [0.29, 0.717) is 12.1 Å². The summed E-state index contributed by atoms with van der Waals surface area (Å²) >= 11 is 0. The van der Waals surface area contributed by atoms with Crippen molar-refractivity contribution in [3.05, 3.63) is 66.2 Å². The van der Waals surface area contributed by atoms with E-state index in [0.717, 1.165) is 18.8 Å². The molecule has 1 aliphatic heterocycles. The number of para-hydroxylation sites is 1. The van der Waals surface area contributed by atoms with Gasteiger partial charge in [0.05, 0.1) is 0 Å². The number of ether oxygens (including phenoxy) is 1. The molecule has 3 nitrogen and oxygen atoms in total. The fourth-order valence-corrected chi connectivity index (χ4v) is 2.83. The Morgan fingerprint density at radius 1 is 0.957 bits per heavy atom. The van der Waals surface area contributed by atoms with Crippen molar-refractivity contribution in [2.75, 3.05) is 19.6 Å². The van der Waals surface area contributed by atoms with Crippen molar-refractivity contribution in [3.8, 4) is 5.75 Å². The summed E-state index contributed by atoms with van der Waals surface area (Å²) in [5, 5.41) is 0. The summed E-state index contributed by atoms with van der Waals surface area (Å²) in [7, 11) is 0. The van der Waals surface area contributed by atoms with Crippen molar-refractivity contribution < 1.29 is 9.53 Å². The molecule has 122 valence electrons. The van der Waals surface area contributed by atoms with Gasteiger partial charge in [0.1, 0.15) is 5.75 Å². The third kappa shape index (κ3) is 4.81. The van der Waals surface area contributed by atoms with Crippen molar-refractivity contribution in [1.82, 2.24) is 4.90 Å². The molecule has 0 aliphatic carbocycles. The van der Waals surface area contributed by atoms with Crippen LogP contribution in [0.3, 0.4) is 0 Å². The Morgan fingerprint density at radius 3 is 2.13 bits per heavy atom. The van der Waals surface area contributed by atoms with Crippen LogP contribution in [0.4, 0.5) is 0 Å². The van der Waals surface area contributed by atoms with Gasteiger partial charge < -0.3 is 4.74 Å². The SMILES string of the molecule is Cl.O=C(c1ccccc1)C(CN1CCCC1)Oc1ccccc1. The van der Waals surface area contributed by atoms with Gasteiger partial charge in [0.2, 0.25) is 5.78 Å². The standard InChI is InChI=1S/C19H21NO2.ClH/c21-19(16-9-3-1-4-10-16)18(15-20-13-7-8-14-20)22-17-11-5-2-6-12-17;/h1-6,9-12,18H,7-8,13-15H2;1H. The number of hydrogen-bond donors (Lipinski definition) is 0. The van der Waals surface area contributed by atoms with E-state index in [1.165, 1.54) is 12.8 Å². The highest BCUT2D eigenvalue weighted by Gasteiger charge is 2.26. The van der Waals surface area contributed by atoms with E-state index in [4.69, 9.17) is 4.74 Å². The molecule has 0 bridgehead atoms. The number of benzene rings is 2. The van der Waals surface area contributed by atoms with Gasteiger partial charge in [0.15, 0.2) is 6.10 Å². The lowest BCUT2D eigenvalue weighted by molar-refractivity contribution is 0.0726. The van der Waals surface area contributed by atoms with Gasteiger partial charge in [0.25, 0.3) is 0 Å². The van der Waals surface area contributed by atoms with Crippen LogP contribution >= 0.6 is 12.4 Å². The van der Waals surface area contributed by atoms with Gasteiger partial charge in [-0.15, -0.1) is 12.4 Å². The van der Waals surface area contributed by atoms with E-state index >= 15 is 0 Å². The average molecular weight is 332 g/mol. The molecule has 23 heavy (non-hydrogen) atoms. The predicted molar refractivity (Wildman–Crippen MR) is 94.6 cm³/mol. The lowest BCUT2D eigenvalue weighted by atomic mass is 10.1. The summed E-state index contributed by atoms with van der Waals surface area (Å²) in [6.07, 6.45) is 1.96. The number of likely N-dealkylation sites (tertiary alicyclic amines) is 1. The smallest absolute Gasteiger partial charge is 0.204 e. The number of carbonyl (C=O) groups is 1. The van der Waals surface area contributed by atoms with Crippen LogP contribution in [0, 0.1) is 0 Å². The molecule has 0 saturated carbocycles. The molecular formula is C19H22ClNO2. The Balaban J connectivity index is 0.00000192. The predicted octanol–water partition coefficient (Wildman–Crippen LogP) is 3.83. The fraction of sp³-hybridized carbons (Fsp3) is 0.316. The minimum atomic E-state index is -0.456. The van der Waals surface area contributed by atoms with Crippen LogP contribution in [-0.2, 0) is 0 Å². The normalized spacial score (nSPS) is 15.7. The van der Waals surface area contributed by atoms with E-state index in [9.17, 15) is 4.79 Å². The second kappa shape index (κ2) is 8.70. The first kappa shape index (κ1) is 17.5. The van der Waals surface area contributed by atoms with Gasteiger partial charge in [0, 0.05) is 12.1 Å². The average Bonchev–Trinajstić information content (AvgIpc) is 3.08. The number of rotatable bonds is 6. The van der Waals surface area contributed by atoms with E-state index < -0.39 is 6.10 Å². The summed E-state index contributed by atoms with van der Waals surface area (Å²) in [6, 6.07) is 19.0. The summed E-state index contributed by atoms with van der Waals surface area (Å²) in [5.74, 6) is 0.798. The molecule has 0 amide bonds. The van der Waals surface area contributed by atoms with Crippen LogP contribution in [0.5, 0.6) is 5.75 Å². The molecule has 1 aliphatic rings. The molecule has 2 aromatic carbocycles. The van der Waals surface area contributed by atoms with E-state index in [2.05, 4.69) is 4.90 Å². The number of ketones is 1. The zero-order valence-corrected chi connectivity index (χ0v) is 13.9. The van der Waals surface area contributed by atoms with Gasteiger partial charge >= 0.3 is 0 Å². The molecule has 1 atom stereocenters. The number of hydrogen-bond acceptors (Lipinski definition) is 3. The zero-order chi connectivity index (χ0) is 15.2. The summed E-state index contributed by atoms with van der Waals surface area (Å²) in [5.41, 5.74) is 0.711. The van der Waals surface area contributed by atoms with Crippen LogP contribution in [0.2, 0.25) is 0 Å². The zero-order valence-electron chi connectivity index (χ0n) is 13.1. The van der Waals surface area contributed by atoms with Crippen molar-refractivity contribution in [1.29, 1.82) is 0 Å². The Morgan fingerprint density at radius 2 is 1.52 bits per heavy atom. The summed E-state index contributed by atoms with van der Waals surface area (Å²) < 4.78 is 6.00. The van der Waals surface area contributed by atoms with Crippen molar-refractivity contribution in [2.45, 2.75) is 18.9 Å². The first-order chi connectivity index (χ1) is 10.8. The molecule has 0 N–H and O–H groups in total. The topological polar surface area (TPSA) is 29.5 Å². The number of halogens is 1. The lowest BCUT2D eigenvalue weighted by Crippen LogP contribution is -2.39. The Bertz CT molecular complexity index is 597. The van der Waals surface area contributed by atoms with Crippen molar-refractivity contribution in [3.63, 3.8) is 0 Å². The maximum atomic E-state index is 12.8. The molecule has 1 heterocycles. The molecule has 3 rings (SSSR count). The fourth-order valence-electron chi connectivity index (χ4n) is 2.83. The maximum Gasteiger partial charge on any atom is 0.204 e. The van der Waals surface area contributed by atoms with Crippen LogP contribution < -0.4 is 4.74 Å². The highest BCUT2D eigenvalue weighted by molar-refractivity contribution is 5.99. The summed E-state index contributed by atoms with van der Waals surface area (Å²) in [6.45, 7) is 2.76. The lowest BCUT2D eigenvalue weighted by Gasteiger charge is -2.23. The van der Waals surface area contributed by atoms with Crippen LogP contribution in [-0.4, -0.2) is 36.4 Å². The minimum absolute atomic E-state index is 0. The minimum Gasteiger partial charge on any atom is -0.481 e. The largest absolute Gasteiger partial charge is 0.481 e. The molecule has 1 fully saturated rings. The monoisotopic (exact) mass is 331 g/mol. The molecular weight excluding hydrogens is 310 g/mol. The van der Waals surface area contributed by atoms with E-state index in [1.54, 1.807) is 0 Å². The Kier molecular flexibility index (Phi) is 6.63. The maximum absolute atomic E-state index is 12.8. The second-order valence-electron chi connectivity index (χ2n) is 5.66. The number of Topliss-reactive ketones (excluding diaryl/α,β-unsaturated/α-hetero) is 1. The van der Waals surface area contributed by atoms with Crippen LogP contribution in [0.1, 0.15) is 23.2 Å². The van der Waals surface area contributed by atoms with Crippen LogP contribution in [0.15, 0.2) is 60.7 Å². The van der Waals surface area contributed by atoms with E-state index in [1.807, 2.05) is 60.7 Å². The van der Waals surface area contributed by atoms with Gasteiger partial charge in [-0.3, -0.25) is 9.69 Å². The molecule has 0 radical (unpaired) electrons. The highest BCUT2D eigenvalue weighted by Crippen LogP contribution is 2.17. The Labute approximate surface area is 143 Å². The van der Waals surface area contributed by atoms with Gasteiger partial charge in [-0.05, 0) is 38.1 Å². The quantitative estimate of drug-likeness (QED) is 0.753. The molecule has 2 aromatic rings. The van der Waals surface area contributed by atoms with Crippen molar-refractivity contribution >= 4 is 18.2 Å². The van der Waals surface area contributed by atoms with Crippen molar-refractivity contribution in [2.24, 2.45) is 0 Å². The highest BCUT2D eigenvalue weighted by atomic mass is 35.5. The first-order valence-electron chi connectivity index (χ1n) is 7.86. The third-order valence-electron chi connectivity index (χ3n) is 3.99. The molecule has 4 heteroatoms. The third-order valence-corrected chi connectivity index (χ3v) is 3.99. The van der Waals surface area contributed by atoms with Gasteiger partial charge in [-0.25, -0.2) is 0 Å². The Hall–Kier alpha value is -1.84. The molecule has 1 saturated heterocycles. The molecule has 1 unspecified atom stereocenters. The molecule has 0 aromatic heterocycles. The first-order valence-corrected chi connectivity index (χ1v) is 7.86. The van der Waals surface area contributed by atoms with Gasteiger partial charge in [-0.1, -0.05) is 48.5 Å². The van der Waals surface area contributed by atoms with Gasteiger partial charge in [-0.2, -0.15) is 0 Å². The summed E-state index contributed by atoms with van der Waals surface area (Å²) in [4.78, 5) is 15.1. The number of nitrogens with zero attached hydrogens (tertiary/aromatic N) is 1. The molecule has 0 spiro atoms. The van der Waals surface area contributed by atoms with Crippen LogP contribution in [0.25, 0.3) is 0 Å². The van der Waals surface area contributed by atoms with E-state index in [-0.39, 0.29) is 18.2 Å². The second-order valence-corrected chi connectivity index (χ2v) is 5.66. The number of carbonyl (C=O) groups excluding carboxylic acids is 1.